The van der Waals surface area contributed by atoms with Crippen LogP contribution in [-0.4, -0.2) is 37.9 Å². The summed E-state index contributed by atoms with van der Waals surface area (Å²) in [6, 6.07) is 0. The first-order valence-corrected chi connectivity index (χ1v) is 26.8. The maximum Gasteiger partial charge on any atom is 0.306 e. The predicted molar refractivity (Wildman–Crippen MR) is 270 cm³/mol. The number of carbonyl (C=O) groups excluding carboxylic acids is 2. The van der Waals surface area contributed by atoms with E-state index in [0.717, 1.165) is 70.6 Å². The lowest BCUT2D eigenvalue weighted by molar-refractivity contribution is -0.163. The molecule has 1 atom stereocenters. The van der Waals surface area contributed by atoms with Gasteiger partial charge in [-0.15, -0.1) is 0 Å². The van der Waals surface area contributed by atoms with E-state index in [-0.39, 0.29) is 25.2 Å². The van der Waals surface area contributed by atoms with E-state index in [9.17, 15) is 9.59 Å². The average molecular weight is 867 g/mol. The van der Waals surface area contributed by atoms with Crippen molar-refractivity contribution in [3.8, 4) is 0 Å². The maximum atomic E-state index is 12.8. The standard InChI is InChI=1S/C57H102O5/c1-4-7-10-13-16-19-22-25-28-29-31-32-35-38-41-44-47-50-56(58)61-54-55(53-60-52-49-46-43-40-37-34-27-24-21-18-15-12-9-6-3)62-57(59)51-48-45-42-39-36-33-30-26-23-20-17-14-11-8-5-2/h16-17,19-21,24-26,28,30,55H,4-15,18,22-23,27,29,31-54H2,1-3H3/b19-16-,20-17-,24-21-,28-25-,30-26-. The zero-order valence-corrected chi connectivity index (χ0v) is 41.4. The molecule has 0 N–H and O–H groups in total. The smallest absolute Gasteiger partial charge is 0.306 e. The number of hydrogen-bond donors (Lipinski definition) is 0. The van der Waals surface area contributed by atoms with Gasteiger partial charge in [-0.05, 0) is 109 Å². The molecule has 62 heavy (non-hydrogen) atoms. The molecule has 5 nitrogen and oxygen atoms in total. The maximum absolute atomic E-state index is 12.8. The number of rotatable bonds is 49. The van der Waals surface area contributed by atoms with Crippen molar-refractivity contribution in [1.82, 2.24) is 0 Å². The molecule has 1 unspecified atom stereocenters. The van der Waals surface area contributed by atoms with E-state index < -0.39 is 6.10 Å². The monoisotopic (exact) mass is 867 g/mol. The van der Waals surface area contributed by atoms with Gasteiger partial charge < -0.3 is 14.2 Å². The molecule has 0 aliphatic carbocycles. The van der Waals surface area contributed by atoms with E-state index >= 15 is 0 Å². The topological polar surface area (TPSA) is 61.8 Å². The Labute approximate surface area is 385 Å². The fourth-order valence-electron chi connectivity index (χ4n) is 7.45. The fourth-order valence-corrected chi connectivity index (χ4v) is 7.45. The summed E-state index contributed by atoms with van der Waals surface area (Å²) in [5.41, 5.74) is 0. The summed E-state index contributed by atoms with van der Waals surface area (Å²) in [7, 11) is 0. The number of carbonyl (C=O) groups is 2. The molecule has 0 spiro atoms. The second kappa shape index (κ2) is 52.9. The molecule has 0 aromatic heterocycles. The first kappa shape index (κ1) is 59.6. The minimum Gasteiger partial charge on any atom is -0.462 e. The Bertz CT molecular complexity index is 1070. The Morgan fingerprint density at radius 3 is 1.11 bits per heavy atom. The summed E-state index contributed by atoms with van der Waals surface area (Å²) < 4.78 is 17.4. The van der Waals surface area contributed by atoms with Gasteiger partial charge in [0.25, 0.3) is 0 Å². The summed E-state index contributed by atoms with van der Waals surface area (Å²) >= 11 is 0. The van der Waals surface area contributed by atoms with E-state index in [1.165, 1.54) is 161 Å². The van der Waals surface area contributed by atoms with E-state index in [1.807, 2.05) is 0 Å². The summed E-state index contributed by atoms with van der Waals surface area (Å²) in [4.78, 5) is 25.4. The Morgan fingerprint density at radius 2 is 0.677 bits per heavy atom. The number of unbranched alkanes of at least 4 members (excludes halogenated alkanes) is 28. The average Bonchev–Trinajstić information content (AvgIpc) is 3.27. The van der Waals surface area contributed by atoms with E-state index in [1.54, 1.807) is 0 Å². The highest BCUT2D eigenvalue weighted by Crippen LogP contribution is 2.14. The molecule has 0 aromatic rings. The second-order valence-corrected chi connectivity index (χ2v) is 17.8. The molecular weight excluding hydrogens is 765 g/mol. The molecule has 0 rings (SSSR count). The van der Waals surface area contributed by atoms with Gasteiger partial charge in [0.1, 0.15) is 6.61 Å². The minimum absolute atomic E-state index is 0.0730. The highest BCUT2D eigenvalue weighted by Gasteiger charge is 2.17. The van der Waals surface area contributed by atoms with Crippen molar-refractivity contribution in [1.29, 1.82) is 0 Å². The molecule has 5 heteroatoms. The zero-order valence-electron chi connectivity index (χ0n) is 41.4. The van der Waals surface area contributed by atoms with Crippen molar-refractivity contribution in [2.24, 2.45) is 0 Å². The molecule has 0 aromatic carbocycles. The van der Waals surface area contributed by atoms with Gasteiger partial charge >= 0.3 is 11.9 Å². The Kier molecular flexibility index (Phi) is 50.9. The molecule has 0 radical (unpaired) electrons. The van der Waals surface area contributed by atoms with Crippen molar-refractivity contribution < 1.29 is 23.8 Å². The molecule has 0 aliphatic rings. The predicted octanol–water partition coefficient (Wildman–Crippen LogP) is 18.1. The van der Waals surface area contributed by atoms with Crippen molar-refractivity contribution in [3.63, 3.8) is 0 Å². The quantitative estimate of drug-likeness (QED) is 0.0346. The molecule has 0 fully saturated rings. The van der Waals surface area contributed by atoms with Crippen LogP contribution in [-0.2, 0) is 23.8 Å². The Balaban J connectivity index is 4.30. The van der Waals surface area contributed by atoms with Gasteiger partial charge in [0.2, 0.25) is 0 Å². The summed E-state index contributed by atoms with van der Waals surface area (Å²) in [6.45, 7) is 7.75. The van der Waals surface area contributed by atoms with Crippen LogP contribution in [0.5, 0.6) is 0 Å². The molecular formula is C57H102O5. The normalized spacial score (nSPS) is 12.6. The highest BCUT2D eigenvalue weighted by molar-refractivity contribution is 5.70. The van der Waals surface area contributed by atoms with Crippen LogP contribution in [0.4, 0.5) is 0 Å². The molecule has 0 aliphatic heterocycles. The summed E-state index contributed by atoms with van der Waals surface area (Å²) in [5, 5.41) is 0. The van der Waals surface area contributed by atoms with Crippen LogP contribution in [0.2, 0.25) is 0 Å². The van der Waals surface area contributed by atoms with Crippen molar-refractivity contribution in [2.75, 3.05) is 19.8 Å². The summed E-state index contributed by atoms with van der Waals surface area (Å²) in [5.74, 6) is -0.419. The third-order valence-electron chi connectivity index (χ3n) is 11.5. The first-order valence-electron chi connectivity index (χ1n) is 26.8. The van der Waals surface area contributed by atoms with Gasteiger partial charge in [-0.25, -0.2) is 0 Å². The number of esters is 2. The van der Waals surface area contributed by atoms with Gasteiger partial charge in [-0.2, -0.15) is 0 Å². The first-order chi connectivity index (χ1) is 30.6. The van der Waals surface area contributed by atoms with Gasteiger partial charge in [-0.1, -0.05) is 204 Å². The van der Waals surface area contributed by atoms with Gasteiger partial charge in [0, 0.05) is 19.4 Å². The van der Waals surface area contributed by atoms with Crippen LogP contribution in [0.3, 0.4) is 0 Å². The lowest BCUT2D eigenvalue weighted by Gasteiger charge is -2.18. The largest absolute Gasteiger partial charge is 0.462 e. The van der Waals surface area contributed by atoms with E-state index in [0.29, 0.717) is 19.4 Å². The van der Waals surface area contributed by atoms with Crippen molar-refractivity contribution in [3.05, 3.63) is 60.8 Å². The third kappa shape index (κ3) is 50.2. The van der Waals surface area contributed by atoms with Gasteiger partial charge in [0.05, 0.1) is 6.61 Å². The summed E-state index contributed by atoms with van der Waals surface area (Å²) in [6.07, 6.45) is 66.5. The molecule has 0 heterocycles. The van der Waals surface area contributed by atoms with Gasteiger partial charge in [-0.3, -0.25) is 9.59 Å². The van der Waals surface area contributed by atoms with Crippen molar-refractivity contribution in [2.45, 2.75) is 271 Å². The second-order valence-electron chi connectivity index (χ2n) is 17.8. The van der Waals surface area contributed by atoms with Crippen LogP contribution >= 0.6 is 0 Å². The van der Waals surface area contributed by atoms with Gasteiger partial charge in [0.15, 0.2) is 6.10 Å². The third-order valence-corrected chi connectivity index (χ3v) is 11.5. The number of allylic oxidation sites excluding steroid dienone is 10. The fraction of sp³-hybridized carbons (Fsp3) is 0.789. The molecule has 0 saturated carbocycles. The SMILES string of the molecule is CCCCC/C=C\C/C=C\CCCCCCCCCC(=O)OCC(COCCCCCCCC/C=C\CCCCCC)OC(=O)CCCCCCC/C=C\C/C=C\CCCCC. The van der Waals surface area contributed by atoms with Crippen LogP contribution in [0, 0.1) is 0 Å². The molecule has 0 saturated heterocycles. The van der Waals surface area contributed by atoms with Crippen molar-refractivity contribution >= 4 is 11.9 Å². The zero-order chi connectivity index (χ0) is 44.9. The minimum atomic E-state index is -0.550. The van der Waals surface area contributed by atoms with Crippen LogP contribution in [0.1, 0.15) is 265 Å². The Morgan fingerprint density at radius 1 is 0.355 bits per heavy atom. The van der Waals surface area contributed by atoms with E-state index in [2.05, 4.69) is 81.5 Å². The Hall–Kier alpha value is -2.40. The molecule has 0 bridgehead atoms. The van der Waals surface area contributed by atoms with Crippen LogP contribution < -0.4 is 0 Å². The lowest BCUT2D eigenvalue weighted by atomic mass is 10.1. The van der Waals surface area contributed by atoms with E-state index in [4.69, 9.17) is 14.2 Å². The molecule has 0 amide bonds. The number of hydrogen-bond acceptors (Lipinski definition) is 5. The highest BCUT2D eigenvalue weighted by atomic mass is 16.6. The lowest BCUT2D eigenvalue weighted by Crippen LogP contribution is -2.30. The number of ether oxygens (including phenoxy) is 3. The van der Waals surface area contributed by atoms with Crippen LogP contribution in [0.15, 0.2) is 60.8 Å². The molecule has 360 valence electrons. The van der Waals surface area contributed by atoms with Crippen LogP contribution in [0.25, 0.3) is 0 Å².